The van der Waals surface area contributed by atoms with Crippen LogP contribution < -0.4 is 0 Å². The van der Waals surface area contributed by atoms with Crippen LogP contribution in [0.3, 0.4) is 0 Å². The molecule has 2 heterocycles. The van der Waals surface area contributed by atoms with Gasteiger partial charge in [0.25, 0.3) is 0 Å². The normalized spacial score (nSPS) is 9.06. The number of hydrogen-bond donors (Lipinski definition) is 0. The van der Waals surface area contributed by atoms with Crippen LogP contribution in [-0.4, -0.2) is 4.98 Å². The van der Waals surface area contributed by atoms with Gasteiger partial charge in [-0.15, -0.1) is 11.3 Å². The minimum absolute atomic E-state index is 0. The molecule has 0 atom stereocenters. The van der Waals surface area contributed by atoms with Crippen molar-refractivity contribution >= 4 is 31.6 Å². The molecule has 0 spiro atoms. The Kier molecular flexibility index (Phi) is 7.85. The van der Waals surface area contributed by atoms with Crippen molar-refractivity contribution in [1.82, 2.24) is 4.98 Å². The maximum Gasteiger partial charge on any atom is 0.0891 e. The first-order valence-electron chi connectivity index (χ1n) is 5.59. The van der Waals surface area contributed by atoms with E-state index in [2.05, 4.69) is 42.2 Å². The van der Waals surface area contributed by atoms with Gasteiger partial charge in [0.2, 0.25) is 0 Å². The van der Waals surface area contributed by atoms with Crippen LogP contribution in [0, 0.1) is 14.4 Å². The summed E-state index contributed by atoms with van der Waals surface area (Å²) in [5, 5.41) is 1.27. The number of aromatic nitrogens is 1. The molecule has 0 aliphatic carbocycles. The number of hydrogen-bond acceptors (Lipinski definition) is 2. The van der Waals surface area contributed by atoms with Gasteiger partial charge < -0.3 is 7.43 Å². The van der Waals surface area contributed by atoms with Crippen LogP contribution in [0.25, 0.3) is 20.3 Å². The second-order valence-electron chi connectivity index (χ2n) is 3.40. The van der Waals surface area contributed by atoms with Crippen molar-refractivity contribution in [2.45, 2.75) is 20.8 Å². The second-order valence-corrected chi connectivity index (χ2v) is 4.46. The molecule has 1 nitrogen and oxygen atoms in total. The molecule has 0 N–H and O–H groups in total. The van der Waals surface area contributed by atoms with Gasteiger partial charge in [-0.1, -0.05) is 32.0 Å². The SMILES string of the molecule is CC.Cc1ccnc2c1sc1ccccc12.[CH3-].[Y]. The molecule has 3 heteroatoms. The van der Waals surface area contributed by atoms with Crippen molar-refractivity contribution in [3.05, 3.63) is 49.5 Å². The Hall–Kier alpha value is -0.306. The Morgan fingerprint density at radius 2 is 1.72 bits per heavy atom. The van der Waals surface area contributed by atoms with Crippen LogP contribution >= 0.6 is 11.3 Å². The monoisotopic (exact) mass is 333 g/mol. The van der Waals surface area contributed by atoms with Gasteiger partial charge in [-0.2, -0.15) is 0 Å². The first-order chi connectivity index (χ1) is 7.86. The molecule has 93 valence electrons. The summed E-state index contributed by atoms with van der Waals surface area (Å²) in [5.41, 5.74) is 2.46. The van der Waals surface area contributed by atoms with Crippen LogP contribution in [0.1, 0.15) is 19.4 Å². The maximum atomic E-state index is 4.44. The van der Waals surface area contributed by atoms with Crippen molar-refractivity contribution < 1.29 is 32.7 Å². The molecule has 0 saturated carbocycles. The molecular formula is C15H18NSY-. The van der Waals surface area contributed by atoms with Crippen molar-refractivity contribution in [3.63, 3.8) is 0 Å². The van der Waals surface area contributed by atoms with E-state index in [1.807, 2.05) is 31.4 Å². The molecule has 0 bridgehead atoms. The van der Waals surface area contributed by atoms with E-state index in [0.29, 0.717) is 0 Å². The fraction of sp³-hybridized carbons (Fsp3) is 0.200. The summed E-state index contributed by atoms with van der Waals surface area (Å²) in [5.74, 6) is 0. The van der Waals surface area contributed by atoms with Crippen LogP contribution in [-0.2, 0) is 32.7 Å². The van der Waals surface area contributed by atoms with Gasteiger partial charge in [-0.25, -0.2) is 0 Å². The van der Waals surface area contributed by atoms with Gasteiger partial charge in [0.1, 0.15) is 0 Å². The third-order valence-corrected chi connectivity index (χ3v) is 3.75. The van der Waals surface area contributed by atoms with Crippen molar-refractivity contribution in [1.29, 1.82) is 0 Å². The minimum atomic E-state index is 0. The van der Waals surface area contributed by atoms with Crippen LogP contribution in [0.2, 0.25) is 0 Å². The summed E-state index contributed by atoms with van der Waals surface area (Å²) in [7, 11) is 0. The quantitative estimate of drug-likeness (QED) is 0.513. The molecule has 18 heavy (non-hydrogen) atoms. The fourth-order valence-corrected chi connectivity index (χ4v) is 2.86. The smallest absolute Gasteiger partial charge is 0.0891 e. The van der Waals surface area contributed by atoms with E-state index < -0.39 is 0 Å². The van der Waals surface area contributed by atoms with Gasteiger partial charge in [-0.3, -0.25) is 4.98 Å². The zero-order chi connectivity index (χ0) is 11.5. The van der Waals surface area contributed by atoms with E-state index in [4.69, 9.17) is 0 Å². The maximum absolute atomic E-state index is 4.44. The van der Waals surface area contributed by atoms with Crippen LogP contribution in [0.4, 0.5) is 0 Å². The number of pyridine rings is 1. The van der Waals surface area contributed by atoms with Crippen LogP contribution in [0.15, 0.2) is 36.5 Å². The third kappa shape index (κ3) is 3.17. The minimum Gasteiger partial charge on any atom is -0.358 e. The topological polar surface area (TPSA) is 12.9 Å². The molecule has 2 aromatic heterocycles. The Labute approximate surface area is 139 Å². The molecule has 0 saturated heterocycles. The molecule has 3 aromatic rings. The average Bonchev–Trinajstić information content (AvgIpc) is 2.72. The summed E-state index contributed by atoms with van der Waals surface area (Å²) in [6, 6.07) is 10.5. The van der Waals surface area contributed by atoms with Gasteiger partial charge in [-0.05, 0) is 24.6 Å². The van der Waals surface area contributed by atoms with E-state index in [9.17, 15) is 0 Å². The number of benzene rings is 1. The molecule has 3 rings (SSSR count). The summed E-state index contributed by atoms with van der Waals surface area (Å²) in [4.78, 5) is 4.44. The molecular weight excluding hydrogens is 315 g/mol. The van der Waals surface area contributed by atoms with E-state index in [1.54, 1.807) is 0 Å². The van der Waals surface area contributed by atoms with Crippen LogP contribution in [0.5, 0.6) is 0 Å². The summed E-state index contributed by atoms with van der Waals surface area (Å²) in [6.07, 6.45) is 1.89. The van der Waals surface area contributed by atoms with E-state index >= 15 is 0 Å². The zero-order valence-corrected chi connectivity index (χ0v) is 15.1. The van der Waals surface area contributed by atoms with E-state index in [1.165, 1.54) is 20.3 Å². The van der Waals surface area contributed by atoms with Crippen molar-refractivity contribution in [2.75, 3.05) is 0 Å². The van der Waals surface area contributed by atoms with Crippen molar-refractivity contribution in [3.8, 4) is 0 Å². The largest absolute Gasteiger partial charge is 0.358 e. The Morgan fingerprint density at radius 1 is 1.06 bits per heavy atom. The first kappa shape index (κ1) is 17.7. The van der Waals surface area contributed by atoms with Gasteiger partial charge in [0, 0.05) is 49.0 Å². The van der Waals surface area contributed by atoms with Crippen molar-refractivity contribution in [2.24, 2.45) is 0 Å². The standard InChI is InChI=1S/C12H9NS.C2H6.CH3.Y/c1-8-6-7-13-11-9-4-2-3-5-10(9)14-12(8)11;1-2;;/h2-7H,1H3;1-2H3;1H3;/q;;-1;. The Balaban J connectivity index is 0.000000691. The number of thiophene rings is 1. The molecule has 0 aliphatic heterocycles. The molecule has 0 aliphatic rings. The van der Waals surface area contributed by atoms with Gasteiger partial charge >= 0.3 is 0 Å². The van der Waals surface area contributed by atoms with E-state index in [-0.39, 0.29) is 40.1 Å². The molecule has 0 fully saturated rings. The van der Waals surface area contributed by atoms with Gasteiger partial charge in [0.05, 0.1) is 10.2 Å². The van der Waals surface area contributed by atoms with Gasteiger partial charge in [0.15, 0.2) is 0 Å². The zero-order valence-electron chi connectivity index (χ0n) is 11.4. The summed E-state index contributed by atoms with van der Waals surface area (Å²) < 4.78 is 2.64. The molecule has 0 unspecified atom stereocenters. The predicted octanol–water partition coefficient (Wildman–Crippen LogP) is 5.23. The summed E-state index contributed by atoms with van der Waals surface area (Å²) >= 11 is 1.83. The first-order valence-corrected chi connectivity index (χ1v) is 6.41. The number of nitrogens with zero attached hydrogens (tertiary/aromatic N) is 1. The number of rotatable bonds is 0. The Morgan fingerprint density at radius 3 is 2.44 bits per heavy atom. The number of fused-ring (bicyclic) bond motifs is 3. The molecule has 1 radical (unpaired) electrons. The Bertz CT molecular complexity index is 616. The average molecular weight is 333 g/mol. The fourth-order valence-electron chi connectivity index (χ4n) is 1.73. The second kappa shape index (κ2) is 7.98. The predicted molar refractivity (Wildman–Crippen MR) is 79.6 cm³/mol. The number of aryl methyl sites for hydroxylation is 1. The van der Waals surface area contributed by atoms with E-state index in [0.717, 1.165) is 5.52 Å². The summed E-state index contributed by atoms with van der Waals surface area (Å²) in [6.45, 7) is 6.14. The molecule has 1 aromatic carbocycles. The molecule has 0 amide bonds. The third-order valence-electron chi connectivity index (χ3n) is 2.46.